The molecule has 2 aliphatic heterocycles. The van der Waals surface area contributed by atoms with Crippen LogP contribution in [0.1, 0.15) is 42.5 Å². The molecule has 0 radical (unpaired) electrons. The van der Waals surface area contributed by atoms with Crippen LogP contribution in [0.3, 0.4) is 0 Å². The van der Waals surface area contributed by atoms with Crippen molar-refractivity contribution in [2.45, 2.75) is 38.8 Å². The van der Waals surface area contributed by atoms with Gasteiger partial charge in [-0.25, -0.2) is 4.79 Å². The van der Waals surface area contributed by atoms with Crippen LogP contribution in [0.5, 0.6) is 11.5 Å². The topological polar surface area (TPSA) is 51.9 Å². The number of rotatable bonds is 4. The first-order chi connectivity index (χ1) is 14.2. The van der Waals surface area contributed by atoms with Gasteiger partial charge < -0.3 is 13.9 Å². The third kappa shape index (κ3) is 3.51. The molecule has 1 aromatic heterocycles. The zero-order valence-electron chi connectivity index (χ0n) is 16.6. The fraction of sp³-hybridized carbons (Fsp3) is 0.375. The summed E-state index contributed by atoms with van der Waals surface area (Å²) in [5.74, 6) is 1.65. The molecule has 0 bridgehead atoms. The first-order valence-corrected chi connectivity index (χ1v) is 10.4. The molecule has 0 amide bonds. The normalized spacial score (nSPS) is 19.0. The number of fused-ring (bicyclic) bond motifs is 2. The highest BCUT2D eigenvalue weighted by Crippen LogP contribution is 2.39. The van der Waals surface area contributed by atoms with Crippen LogP contribution in [-0.2, 0) is 13.0 Å². The monoisotopic (exact) mass is 391 g/mol. The molecule has 0 saturated carbocycles. The van der Waals surface area contributed by atoms with E-state index in [-0.39, 0.29) is 5.63 Å². The third-order valence-electron chi connectivity index (χ3n) is 5.99. The molecule has 3 aromatic rings. The lowest BCUT2D eigenvalue weighted by Crippen LogP contribution is -2.24. The minimum atomic E-state index is -0.282. The Labute approximate surface area is 169 Å². The summed E-state index contributed by atoms with van der Waals surface area (Å²) in [6, 6.07) is 14.4. The van der Waals surface area contributed by atoms with Crippen molar-refractivity contribution in [2.24, 2.45) is 0 Å². The van der Waals surface area contributed by atoms with Gasteiger partial charge in [-0.1, -0.05) is 25.1 Å². The largest absolute Gasteiger partial charge is 0.486 e. The molecule has 5 nitrogen and oxygen atoms in total. The van der Waals surface area contributed by atoms with Gasteiger partial charge in [0.2, 0.25) is 0 Å². The predicted molar refractivity (Wildman–Crippen MR) is 112 cm³/mol. The Morgan fingerprint density at radius 1 is 1.03 bits per heavy atom. The summed E-state index contributed by atoms with van der Waals surface area (Å²) in [5.41, 5.74) is 3.85. The van der Waals surface area contributed by atoms with Gasteiger partial charge in [0.1, 0.15) is 18.8 Å². The number of benzene rings is 2. The maximum Gasteiger partial charge on any atom is 0.336 e. The number of hydrogen-bond acceptors (Lipinski definition) is 5. The summed E-state index contributed by atoms with van der Waals surface area (Å²) in [4.78, 5) is 14.6. The highest BCUT2D eigenvalue weighted by atomic mass is 16.6. The number of hydrogen-bond donors (Lipinski definition) is 0. The lowest BCUT2D eigenvalue weighted by atomic mass is 10.0. The second-order valence-corrected chi connectivity index (χ2v) is 7.81. The number of nitrogens with zero attached hydrogens (tertiary/aromatic N) is 1. The van der Waals surface area contributed by atoms with E-state index in [1.165, 1.54) is 11.1 Å². The van der Waals surface area contributed by atoms with Crippen LogP contribution in [0.2, 0.25) is 0 Å². The van der Waals surface area contributed by atoms with Crippen LogP contribution in [-0.4, -0.2) is 24.7 Å². The quantitative estimate of drug-likeness (QED) is 0.615. The van der Waals surface area contributed by atoms with Crippen molar-refractivity contribution < 1.29 is 13.9 Å². The molecule has 0 spiro atoms. The van der Waals surface area contributed by atoms with E-state index in [0.717, 1.165) is 54.8 Å². The Bertz CT molecular complexity index is 1100. The molecule has 3 heterocycles. The van der Waals surface area contributed by atoms with Crippen molar-refractivity contribution in [3.8, 4) is 11.5 Å². The van der Waals surface area contributed by atoms with Gasteiger partial charge in [-0.2, -0.15) is 0 Å². The first-order valence-electron chi connectivity index (χ1n) is 10.4. The second-order valence-electron chi connectivity index (χ2n) is 7.81. The Kier molecular flexibility index (Phi) is 4.76. The fourth-order valence-electron chi connectivity index (χ4n) is 4.50. The zero-order valence-corrected chi connectivity index (χ0v) is 16.6. The molecule has 1 saturated heterocycles. The van der Waals surface area contributed by atoms with E-state index in [0.29, 0.717) is 24.8 Å². The Morgan fingerprint density at radius 2 is 1.90 bits per heavy atom. The van der Waals surface area contributed by atoms with E-state index < -0.39 is 0 Å². The molecule has 2 aromatic carbocycles. The van der Waals surface area contributed by atoms with E-state index in [4.69, 9.17) is 13.9 Å². The van der Waals surface area contributed by atoms with Gasteiger partial charge in [-0.05, 0) is 60.7 Å². The van der Waals surface area contributed by atoms with Gasteiger partial charge in [-0.3, -0.25) is 4.90 Å². The maximum absolute atomic E-state index is 12.2. The van der Waals surface area contributed by atoms with Crippen molar-refractivity contribution in [1.29, 1.82) is 0 Å². The van der Waals surface area contributed by atoms with Crippen molar-refractivity contribution in [2.75, 3.05) is 19.8 Å². The van der Waals surface area contributed by atoms with Gasteiger partial charge in [0, 0.05) is 24.0 Å². The predicted octanol–water partition coefficient (Wildman–Crippen LogP) is 4.46. The molecule has 0 N–H and O–H groups in total. The van der Waals surface area contributed by atoms with E-state index >= 15 is 0 Å². The van der Waals surface area contributed by atoms with E-state index in [1.54, 1.807) is 6.07 Å². The highest BCUT2D eigenvalue weighted by Gasteiger charge is 2.28. The average molecular weight is 391 g/mol. The van der Waals surface area contributed by atoms with Gasteiger partial charge in [0.05, 0.1) is 0 Å². The van der Waals surface area contributed by atoms with Gasteiger partial charge in [-0.15, -0.1) is 0 Å². The average Bonchev–Trinajstić information content (AvgIpc) is 3.21. The van der Waals surface area contributed by atoms with Crippen LogP contribution in [0.4, 0.5) is 0 Å². The summed E-state index contributed by atoms with van der Waals surface area (Å²) in [6.07, 6.45) is 3.15. The van der Waals surface area contributed by atoms with Crippen LogP contribution >= 0.6 is 0 Å². The number of aryl methyl sites for hydroxylation is 1. The highest BCUT2D eigenvalue weighted by molar-refractivity contribution is 5.80. The van der Waals surface area contributed by atoms with E-state index in [2.05, 4.69) is 36.1 Å². The van der Waals surface area contributed by atoms with Crippen molar-refractivity contribution >= 4 is 11.0 Å². The summed E-state index contributed by atoms with van der Waals surface area (Å²) >= 11 is 0. The molecule has 1 unspecified atom stereocenters. The Balaban J connectivity index is 1.46. The van der Waals surface area contributed by atoms with Crippen molar-refractivity contribution in [3.63, 3.8) is 0 Å². The van der Waals surface area contributed by atoms with Crippen LogP contribution in [0.15, 0.2) is 51.7 Å². The lowest BCUT2D eigenvalue weighted by molar-refractivity contribution is 0.170. The van der Waals surface area contributed by atoms with Crippen LogP contribution in [0, 0.1) is 0 Å². The van der Waals surface area contributed by atoms with Crippen molar-refractivity contribution in [3.05, 3.63) is 69.6 Å². The lowest BCUT2D eigenvalue weighted by Gasteiger charge is -2.27. The molecule has 2 aliphatic rings. The Morgan fingerprint density at radius 3 is 2.76 bits per heavy atom. The number of ether oxygens (including phenoxy) is 2. The molecule has 5 rings (SSSR count). The maximum atomic E-state index is 12.2. The minimum Gasteiger partial charge on any atom is -0.486 e. The van der Waals surface area contributed by atoms with Gasteiger partial charge in [0.15, 0.2) is 11.5 Å². The summed E-state index contributed by atoms with van der Waals surface area (Å²) in [7, 11) is 0. The summed E-state index contributed by atoms with van der Waals surface area (Å²) in [5, 5.41) is 1.02. The summed E-state index contributed by atoms with van der Waals surface area (Å²) in [6.45, 7) is 5.04. The Hall–Kier alpha value is -2.79. The molecule has 150 valence electrons. The van der Waals surface area contributed by atoms with E-state index in [9.17, 15) is 4.79 Å². The molecular formula is C24H25NO4. The molecule has 1 atom stereocenters. The smallest absolute Gasteiger partial charge is 0.336 e. The molecule has 0 aliphatic carbocycles. The third-order valence-corrected chi connectivity index (χ3v) is 5.99. The zero-order chi connectivity index (χ0) is 19.8. The van der Waals surface area contributed by atoms with Gasteiger partial charge in [0.25, 0.3) is 0 Å². The number of likely N-dealkylation sites (tertiary alicyclic amines) is 1. The minimum absolute atomic E-state index is 0.282. The van der Waals surface area contributed by atoms with Gasteiger partial charge >= 0.3 is 5.63 Å². The molecular weight excluding hydrogens is 366 g/mol. The molecule has 1 fully saturated rings. The van der Waals surface area contributed by atoms with Crippen molar-refractivity contribution in [1.82, 2.24) is 4.90 Å². The summed E-state index contributed by atoms with van der Waals surface area (Å²) < 4.78 is 16.9. The van der Waals surface area contributed by atoms with Crippen LogP contribution in [0.25, 0.3) is 11.0 Å². The van der Waals surface area contributed by atoms with E-state index in [1.807, 2.05) is 12.1 Å². The fourth-order valence-corrected chi connectivity index (χ4v) is 4.50. The molecule has 29 heavy (non-hydrogen) atoms. The molecule has 5 heteroatoms. The standard InChI is InChI=1S/C24H25NO4/c1-2-16-5-7-19-18(14-24(26)29-22(19)12-16)15-25-9-3-4-20(25)17-6-8-21-23(13-17)28-11-10-27-21/h5-8,12-14,20H,2-4,9-11,15H2,1H3. The van der Waals surface area contributed by atoms with Crippen LogP contribution < -0.4 is 15.1 Å². The SMILES string of the molecule is CCc1ccc2c(CN3CCCC3c3ccc4c(c3)OCCO4)cc(=O)oc2c1. The second kappa shape index (κ2) is 7.56. The first kappa shape index (κ1) is 18.3.